The molecular formula is C15H17ClF3IN4O. The average Bonchev–Trinajstić information content (AvgIpc) is 2.52. The summed E-state index contributed by atoms with van der Waals surface area (Å²) in [7, 11) is 4.64. The molecule has 25 heavy (non-hydrogen) atoms. The molecule has 1 aliphatic rings. The number of rotatable bonds is 3. The second-order valence-corrected chi connectivity index (χ2v) is 7.46. The molecule has 2 unspecified atom stereocenters. The molecule has 1 amide bonds. The van der Waals surface area contributed by atoms with E-state index in [9.17, 15) is 18.0 Å². The monoisotopic (exact) mass is 488 g/mol. The van der Waals surface area contributed by atoms with Crippen molar-refractivity contribution in [2.45, 2.75) is 24.0 Å². The van der Waals surface area contributed by atoms with Gasteiger partial charge in [-0.15, -0.1) is 11.6 Å². The van der Waals surface area contributed by atoms with Gasteiger partial charge in [-0.25, -0.2) is 4.98 Å². The van der Waals surface area contributed by atoms with Crippen LogP contribution in [0.3, 0.4) is 0 Å². The zero-order chi connectivity index (χ0) is 18.9. The molecule has 0 saturated carbocycles. The van der Waals surface area contributed by atoms with E-state index >= 15 is 0 Å². The molecule has 1 aromatic heterocycles. The van der Waals surface area contributed by atoms with E-state index in [4.69, 9.17) is 11.6 Å². The number of nitrogens with one attached hydrogen (secondary N) is 1. The van der Waals surface area contributed by atoms with Crippen LogP contribution in [0, 0.1) is 3.57 Å². The van der Waals surface area contributed by atoms with E-state index in [-0.39, 0.29) is 0 Å². The van der Waals surface area contributed by atoms with Crippen LogP contribution in [-0.4, -0.2) is 54.5 Å². The Labute approximate surface area is 162 Å². The van der Waals surface area contributed by atoms with Gasteiger partial charge in [-0.2, -0.15) is 13.2 Å². The molecule has 0 fully saturated rings. The van der Waals surface area contributed by atoms with E-state index in [1.165, 1.54) is 16.8 Å². The fourth-order valence-electron chi connectivity index (χ4n) is 2.67. The highest BCUT2D eigenvalue weighted by atomic mass is 127. The van der Waals surface area contributed by atoms with Crippen molar-refractivity contribution in [1.82, 2.24) is 9.88 Å². The highest BCUT2D eigenvalue weighted by Gasteiger charge is 2.43. The van der Waals surface area contributed by atoms with E-state index in [2.05, 4.69) is 32.9 Å². The largest absolute Gasteiger partial charge is 0.414 e. The number of anilines is 2. The maximum absolute atomic E-state index is 12.9. The third kappa shape index (κ3) is 4.30. The predicted octanol–water partition coefficient (Wildman–Crippen LogP) is 3.45. The number of amides is 1. The summed E-state index contributed by atoms with van der Waals surface area (Å²) in [6, 6.07) is 0.862. The van der Waals surface area contributed by atoms with Crippen molar-refractivity contribution in [2.24, 2.45) is 0 Å². The van der Waals surface area contributed by atoms with E-state index < -0.39 is 35.5 Å². The third-order valence-corrected chi connectivity index (χ3v) is 4.92. The molecule has 0 spiro atoms. The molecule has 5 nitrogen and oxygen atoms in total. The lowest BCUT2D eigenvalue weighted by molar-refractivity contribution is -0.124. The van der Waals surface area contributed by atoms with E-state index in [0.29, 0.717) is 11.5 Å². The summed E-state index contributed by atoms with van der Waals surface area (Å²) >= 11 is 8.22. The van der Waals surface area contributed by atoms with Crippen molar-refractivity contribution in [3.05, 3.63) is 27.6 Å². The second kappa shape index (κ2) is 7.56. The fourth-order valence-corrected chi connectivity index (χ4v) is 3.55. The Hall–Kier alpha value is -1.23. The minimum absolute atomic E-state index is 0.403. The van der Waals surface area contributed by atoms with Crippen molar-refractivity contribution >= 4 is 51.6 Å². The van der Waals surface area contributed by atoms with Gasteiger partial charge in [0.25, 0.3) is 5.91 Å². The Morgan fingerprint density at radius 2 is 2.16 bits per heavy atom. The van der Waals surface area contributed by atoms with Gasteiger partial charge in [-0.3, -0.25) is 4.79 Å². The molecule has 1 aliphatic heterocycles. The van der Waals surface area contributed by atoms with Gasteiger partial charge in [0.15, 0.2) is 0 Å². The van der Waals surface area contributed by atoms with Gasteiger partial charge in [-0.1, -0.05) is 0 Å². The predicted molar refractivity (Wildman–Crippen MR) is 99.9 cm³/mol. The summed E-state index contributed by atoms with van der Waals surface area (Å²) < 4.78 is 39.6. The lowest BCUT2D eigenvalue weighted by atomic mass is 9.98. The van der Waals surface area contributed by atoms with Crippen molar-refractivity contribution < 1.29 is 18.0 Å². The number of nitrogens with zero attached hydrogens (tertiary/aromatic N) is 3. The average molecular weight is 489 g/mol. The first kappa shape index (κ1) is 20.1. The van der Waals surface area contributed by atoms with Gasteiger partial charge in [-0.05, 0) is 35.1 Å². The van der Waals surface area contributed by atoms with E-state index in [1.807, 2.05) is 0 Å². The molecule has 1 aromatic rings. The number of hydrogen-bond donors (Lipinski definition) is 1. The van der Waals surface area contributed by atoms with Gasteiger partial charge in [0.2, 0.25) is 0 Å². The number of allylic oxidation sites excluding steroid dienone is 1. The highest BCUT2D eigenvalue weighted by molar-refractivity contribution is 14.1. The van der Waals surface area contributed by atoms with Crippen LogP contribution >= 0.6 is 34.2 Å². The van der Waals surface area contributed by atoms with Gasteiger partial charge in [0.05, 0.1) is 16.6 Å². The van der Waals surface area contributed by atoms with Crippen molar-refractivity contribution in [2.75, 3.05) is 31.4 Å². The molecule has 2 atom stereocenters. The molecule has 0 saturated heterocycles. The number of alkyl halides is 4. The summed E-state index contributed by atoms with van der Waals surface area (Å²) in [5, 5.41) is 1.90. The number of aromatic nitrogens is 1. The van der Waals surface area contributed by atoms with Crippen LogP contribution < -0.4 is 10.2 Å². The Morgan fingerprint density at radius 3 is 2.68 bits per heavy atom. The maximum Gasteiger partial charge on any atom is 0.414 e. The van der Waals surface area contributed by atoms with E-state index in [1.54, 1.807) is 26.4 Å². The number of carbonyl (C=O) groups excluding carboxylic acids is 1. The van der Waals surface area contributed by atoms with Crippen LogP contribution in [0.1, 0.15) is 6.42 Å². The number of pyridine rings is 1. The molecule has 1 N–H and O–H groups in total. The highest BCUT2D eigenvalue weighted by Crippen LogP contribution is 2.36. The first-order valence-electron chi connectivity index (χ1n) is 7.31. The lowest BCUT2D eigenvalue weighted by Crippen LogP contribution is -2.52. The zero-order valence-electron chi connectivity index (χ0n) is 13.7. The van der Waals surface area contributed by atoms with Crippen molar-refractivity contribution in [3.63, 3.8) is 0 Å². The van der Waals surface area contributed by atoms with Gasteiger partial charge >= 0.3 is 6.18 Å². The second-order valence-electron chi connectivity index (χ2n) is 5.65. The maximum atomic E-state index is 12.9. The van der Waals surface area contributed by atoms with Crippen LogP contribution in [0.2, 0.25) is 0 Å². The van der Waals surface area contributed by atoms with Crippen LogP contribution in [0.15, 0.2) is 24.0 Å². The molecule has 0 bridgehead atoms. The Kier molecular flexibility index (Phi) is 6.08. The SMILES string of the molecule is CNc1ncc(I)cc1N(C)C(=O)C1C(Cl)CC(C(F)(F)F)=CN1C. The zero-order valence-corrected chi connectivity index (χ0v) is 16.6. The van der Waals surface area contributed by atoms with E-state index in [0.717, 1.165) is 9.77 Å². The lowest BCUT2D eigenvalue weighted by Gasteiger charge is -2.37. The quantitative estimate of drug-likeness (QED) is 0.523. The number of carbonyl (C=O) groups is 1. The Balaban J connectivity index is 2.31. The van der Waals surface area contributed by atoms with Crippen LogP contribution in [0.5, 0.6) is 0 Å². The Morgan fingerprint density at radius 1 is 1.52 bits per heavy atom. The van der Waals surface area contributed by atoms with Crippen LogP contribution in [-0.2, 0) is 4.79 Å². The topological polar surface area (TPSA) is 48.5 Å². The Bertz CT molecular complexity index is 698. The minimum atomic E-state index is -4.46. The molecule has 2 heterocycles. The molecule has 2 rings (SSSR count). The molecular weight excluding hydrogens is 472 g/mol. The van der Waals surface area contributed by atoms with Crippen molar-refractivity contribution in [1.29, 1.82) is 0 Å². The minimum Gasteiger partial charge on any atom is -0.371 e. The normalized spacial score (nSPS) is 21.0. The summed E-state index contributed by atoms with van der Waals surface area (Å²) in [6.07, 6.45) is -2.28. The summed E-state index contributed by atoms with van der Waals surface area (Å²) in [5.74, 6) is 0.0904. The number of halogens is 5. The van der Waals surface area contributed by atoms with Gasteiger partial charge < -0.3 is 15.1 Å². The molecule has 0 aliphatic carbocycles. The van der Waals surface area contributed by atoms with Gasteiger partial charge in [0.1, 0.15) is 11.9 Å². The third-order valence-electron chi connectivity index (χ3n) is 3.94. The summed E-state index contributed by atoms with van der Waals surface area (Å²) in [6.45, 7) is 0. The first-order valence-corrected chi connectivity index (χ1v) is 8.82. The molecule has 0 radical (unpaired) electrons. The first-order chi connectivity index (χ1) is 11.6. The smallest absolute Gasteiger partial charge is 0.371 e. The number of hydrogen-bond acceptors (Lipinski definition) is 4. The molecule has 0 aromatic carbocycles. The summed E-state index contributed by atoms with van der Waals surface area (Å²) in [5.41, 5.74) is -0.212. The van der Waals surface area contributed by atoms with Crippen LogP contribution in [0.4, 0.5) is 24.7 Å². The number of likely N-dealkylation sites (N-methyl/N-ethyl adjacent to an activating group) is 2. The molecule has 138 valence electrons. The standard InChI is InChI=1S/C15H17ClF3IN4O/c1-21-13-11(5-9(20)6-22-13)24(3)14(25)12-10(16)4-8(7-23(12)2)15(17,18)19/h5-7,10,12H,4H2,1-3H3,(H,21,22). The van der Waals surface area contributed by atoms with Gasteiger partial charge in [0, 0.05) is 37.1 Å². The van der Waals surface area contributed by atoms with Crippen LogP contribution in [0.25, 0.3) is 0 Å². The fraction of sp³-hybridized carbons (Fsp3) is 0.467. The molecule has 10 heteroatoms. The summed E-state index contributed by atoms with van der Waals surface area (Å²) in [4.78, 5) is 19.7. The van der Waals surface area contributed by atoms with Crippen molar-refractivity contribution in [3.8, 4) is 0 Å².